The molecule has 2 N–H and O–H groups in total. The molecule has 14 heteroatoms. The Bertz CT molecular complexity index is 1560. The molecule has 0 spiro atoms. The van der Waals surface area contributed by atoms with E-state index < -0.39 is 66.2 Å². The highest BCUT2D eigenvalue weighted by Gasteiger charge is 2.26. The second-order valence-corrected chi connectivity index (χ2v) is 11.9. The third-order valence-corrected chi connectivity index (χ3v) is 7.20. The molecule has 1 atom stereocenters. The number of esters is 2. The third-order valence-electron chi connectivity index (χ3n) is 5.71. The lowest BCUT2D eigenvalue weighted by atomic mass is 9.97. The van der Waals surface area contributed by atoms with E-state index in [1.54, 1.807) is 52.8 Å². The van der Waals surface area contributed by atoms with E-state index in [2.05, 4.69) is 4.99 Å². The summed E-state index contributed by atoms with van der Waals surface area (Å²) in [5.41, 5.74) is 4.10. The zero-order chi connectivity index (χ0) is 32.1. The van der Waals surface area contributed by atoms with E-state index in [9.17, 15) is 28.0 Å². The summed E-state index contributed by atoms with van der Waals surface area (Å²) in [4.78, 5) is 52.6. The second kappa shape index (κ2) is 13.9. The van der Waals surface area contributed by atoms with Crippen molar-refractivity contribution < 1.29 is 46.9 Å². The maximum Gasteiger partial charge on any atom is 0.433 e. The van der Waals surface area contributed by atoms with Crippen LogP contribution in [0, 0.1) is 23.5 Å². The summed E-state index contributed by atoms with van der Waals surface area (Å²) < 4.78 is 50.3. The molecule has 0 saturated heterocycles. The number of nitrogens with zero attached hydrogens (tertiary/aromatic N) is 1. The van der Waals surface area contributed by atoms with Gasteiger partial charge in [-0.2, -0.15) is 4.99 Å². The number of carbonyl (C=O) groups excluding carboxylic acids is 4. The Morgan fingerprint density at radius 2 is 1.74 bits per heavy atom. The molecule has 0 bridgehead atoms. The van der Waals surface area contributed by atoms with Crippen LogP contribution in [0.5, 0.6) is 5.75 Å². The maximum atomic E-state index is 14.5. The summed E-state index contributed by atoms with van der Waals surface area (Å²) in [6, 6.07) is 6.34. The van der Waals surface area contributed by atoms with Crippen molar-refractivity contribution in [2.75, 3.05) is 6.79 Å². The summed E-state index contributed by atoms with van der Waals surface area (Å²) >= 11 is 7.34. The van der Waals surface area contributed by atoms with Gasteiger partial charge in [-0.15, -0.1) is 11.3 Å². The number of carbonyl (C=O) groups is 4. The molecule has 230 valence electrons. The maximum absolute atomic E-state index is 14.5. The highest BCUT2D eigenvalue weighted by Crippen LogP contribution is 2.37. The number of primary amides is 1. The van der Waals surface area contributed by atoms with Gasteiger partial charge in [0.05, 0.1) is 5.92 Å². The number of fused-ring (bicyclic) bond motifs is 1. The van der Waals surface area contributed by atoms with E-state index in [4.69, 9.17) is 36.3 Å². The standard InChI is InChI=1S/C29H29ClF2N2O8S/c1-14(2)16(11-34-28(38)42-29(3,4)5)26(36)40-13-41-27(37)24-17(22-18(30)7-6-8-21(22)43-24)12-39-23-19(31)9-15(25(33)35)10-20(23)32/h6-11,14,16H,12-13H2,1-5H3,(H2,33,35)/b34-11+. The molecular weight excluding hydrogens is 610 g/mol. The third kappa shape index (κ3) is 8.71. The Balaban J connectivity index is 1.76. The highest BCUT2D eigenvalue weighted by atomic mass is 35.5. The van der Waals surface area contributed by atoms with Crippen LogP contribution in [-0.2, 0) is 25.6 Å². The molecule has 1 heterocycles. The summed E-state index contributed by atoms with van der Waals surface area (Å²) in [5.74, 6) is -7.15. The van der Waals surface area contributed by atoms with Gasteiger partial charge in [-0.05, 0) is 51.0 Å². The van der Waals surface area contributed by atoms with Crippen molar-refractivity contribution in [1.82, 2.24) is 0 Å². The smallest absolute Gasteiger partial charge is 0.433 e. The minimum Gasteiger partial charge on any atom is -0.483 e. The zero-order valence-corrected chi connectivity index (χ0v) is 25.4. The lowest BCUT2D eigenvalue weighted by Gasteiger charge is -2.18. The topological polar surface area (TPSA) is 144 Å². The van der Waals surface area contributed by atoms with E-state index in [1.165, 1.54) is 0 Å². The van der Waals surface area contributed by atoms with E-state index in [-0.39, 0.29) is 26.9 Å². The van der Waals surface area contributed by atoms with Crippen LogP contribution in [0.1, 0.15) is 60.2 Å². The van der Waals surface area contributed by atoms with Crippen molar-refractivity contribution >= 4 is 63.2 Å². The van der Waals surface area contributed by atoms with Crippen LogP contribution in [-0.4, -0.2) is 42.5 Å². The molecule has 0 aliphatic heterocycles. The van der Waals surface area contributed by atoms with Gasteiger partial charge in [-0.3, -0.25) is 9.59 Å². The monoisotopic (exact) mass is 638 g/mol. The molecule has 43 heavy (non-hydrogen) atoms. The average Bonchev–Trinajstić information content (AvgIpc) is 3.26. The van der Waals surface area contributed by atoms with Crippen LogP contribution < -0.4 is 10.5 Å². The van der Waals surface area contributed by atoms with Gasteiger partial charge >= 0.3 is 18.0 Å². The predicted octanol–water partition coefficient (Wildman–Crippen LogP) is 6.45. The minimum absolute atomic E-state index is 0.0133. The largest absolute Gasteiger partial charge is 0.483 e. The van der Waals surface area contributed by atoms with Crippen LogP contribution in [0.3, 0.4) is 0 Å². The molecule has 3 rings (SSSR count). The fourth-order valence-corrected chi connectivity index (χ4v) is 5.16. The van der Waals surface area contributed by atoms with E-state index in [0.29, 0.717) is 10.1 Å². The van der Waals surface area contributed by atoms with Gasteiger partial charge in [0, 0.05) is 32.5 Å². The van der Waals surface area contributed by atoms with Gasteiger partial charge in [0.1, 0.15) is 17.1 Å². The summed E-state index contributed by atoms with van der Waals surface area (Å²) in [7, 11) is 0. The van der Waals surface area contributed by atoms with Crippen LogP contribution in [0.15, 0.2) is 35.3 Å². The Hall–Kier alpha value is -4.10. The molecule has 0 radical (unpaired) electrons. The van der Waals surface area contributed by atoms with Gasteiger partial charge in [0.15, 0.2) is 17.4 Å². The van der Waals surface area contributed by atoms with E-state index >= 15 is 0 Å². The number of hydrogen-bond acceptors (Lipinski definition) is 9. The molecule has 1 unspecified atom stereocenters. The number of halogens is 3. The molecular formula is C29H29ClF2N2O8S. The van der Waals surface area contributed by atoms with Crippen LogP contribution in [0.25, 0.3) is 10.1 Å². The molecule has 0 aliphatic rings. The van der Waals surface area contributed by atoms with Crippen molar-refractivity contribution in [3.8, 4) is 5.75 Å². The van der Waals surface area contributed by atoms with Gasteiger partial charge in [-0.25, -0.2) is 18.4 Å². The number of amides is 2. The first kappa shape index (κ1) is 33.4. The lowest BCUT2D eigenvalue weighted by molar-refractivity contribution is -0.155. The van der Waals surface area contributed by atoms with Crippen molar-refractivity contribution in [1.29, 1.82) is 0 Å². The Labute approximate surface area is 254 Å². The molecule has 0 saturated carbocycles. The average molecular weight is 639 g/mol. The van der Waals surface area contributed by atoms with E-state index in [1.807, 2.05) is 0 Å². The molecule has 2 aromatic carbocycles. The number of thiophene rings is 1. The predicted molar refractivity (Wildman–Crippen MR) is 155 cm³/mol. The van der Waals surface area contributed by atoms with Crippen molar-refractivity contribution in [3.63, 3.8) is 0 Å². The van der Waals surface area contributed by atoms with Crippen LogP contribution >= 0.6 is 22.9 Å². The molecule has 1 aromatic heterocycles. The van der Waals surface area contributed by atoms with Crippen molar-refractivity contribution in [2.24, 2.45) is 22.6 Å². The minimum atomic E-state index is -1.18. The SMILES string of the molecule is CC(C)C(/C=N/C(=O)OC(C)(C)C)C(=O)OCOC(=O)c1sc2cccc(Cl)c2c1COc1c(F)cc(C(N)=O)cc1F. The number of hydrogen-bond donors (Lipinski definition) is 1. The summed E-state index contributed by atoms with van der Waals surface area (Å²) in [6.45, 7) is 7.15. The van der Waals surface area contributed by atoms with Crippen molar-refractivity contribution in [2.45, 2.75) is 46.8 Å². The molecule has 0 fully saturated rings. The fraction of sp³-hybridized carbons (Fsp3) is 0.345. The lowest BCUT2D eigenvalue weighted by Crippen LogP contribution is -2.27. The molecule has 2 amide bonds. The number of nitrogens with two attached hydrogens (primary N) is 1. The van der Waals surface area contributed by atoms with E-state index in [0.717, 1.165) is 29.7 Å². The van der Waals surface area contributed by atoms with Gasteiger partial charge in [0.2, 0.25) is 12.7 Å². The zero-order valence-electron chi connectivity index (χ0n) is 23.9. The van der Waals surface area contributed by atoms with Gasteiger partial charge in [-0.1, -0.05) is 31.5 Å². The number of rotatable bonds is 10. The Kier molecular flexibility index (Phi) is 10.8. The number of benzene rings is 2. The quantitative estimate of drug-likeness (QED) is 0.152. The number of ether oxygens (including phenoxy) is 4. The van der Waals surface area contributed by atoms with Gasteiger partial charge in [0.25, 0.3) is 0 Å². The van der Waals surface area contributed by atoms with Crippen molar-refractivity contribution in [3.05, 3.63) is 63.0 Å². The first-order chi connectivity index (χ1) is 20.1. The molecule has 3 aromatic rings. The molecule has 10 nitrogen and oxygen atoms in total. The van der Waals surface area contributed by atoms with Gasteiger partial charge < -0.3 is 24.7 Å². The highest BCUT2D eigenvalue weighted by molar-refractivity contribution is 7.21. The second-order valence-electron chi connectivity index (χ2n) is 10.5. The Morgan fingerprint density at radius 3 is 2.33 bits per heavy atom. The first-order valence-corrected chi connectivity index (χ1v) is 14.0. The summed E-state index contributed by atoms with van der Waals surface area (Å²) in [5, 5.41) is 0.637. The normalized spacial score (nSPS) is 12.4. The summed E-state index contributed by atoms with van der Waals surface area (Å²) in [6.07, 6.45) is 0.236. The van der Waals surface area contributed by atoms with Crippen LogP contribution in [0.2, 0.25) is 5.02 Å². The number of aliphatic imine (C=N–C) groups is 1. The first-order valence-electron chi connectivity index (χ1n) is 12.8. The molecule has 0 aliphatic carbocycles. The van der Waals surface area contributed by atoms with Crippen LogP contribution in [0.4, 0.5) is 13.6 Å². The Morgan fingerprint density at radius 1 is 1.09 bits per heavy atom. The fourth-order valence-electron chi connectivity index (χ4n) is 3.69.